The smallest absolute Gasteiger partial charge is 0.241 e. The standard InChI is InChI=1S/C19H23N5O2S/c1-4-9-22-17(25)15(11-20)19-24(5-2)18(26)16(27-19)12-23-14-8-6-7-13(10-14)21-3/h1,6-8,10,15-16,19,21,23H,5,9,12H2,2-3H3,(H,22,25). The van der Waals surface area contributed by atoms with Gasteiger partial charge in [0.1, 0.15) is 10.6 Å². The first-order valence-electron chi connectivity index (χ1n) is 8.64. The summed E-state index contributed by atoms with van der Waals surface area (Å²) in [4.78, 5) is 26.6. The molecule has 1 heterocycles. The van der Waals surface area contributed by atoms with Crippen molar-refractivity contribution in [2.45, 2.75) is 17.5 Å². The molecule has 3 unspecified atom stereocenters. The normalized spacial score (nSPS) is 19.7. The van der Waals surface area contributed by atoms with Gasteiger partial charge in [0.2, 0.25) is 11.8 Å². The van der Waals surface area contributed by atoms with Crippen molar-refractivity contribution >= 4 is 35.0 Å². The molecule has 0 saturated carbocycles. The zero-order valence-corrected chi connectivity index (χ0v) is 16.2. The van der Waals surface area contributed by atoms with Gasteiger partial charge in [0.25, 0.3) is 0 Å². The fourth-order valence-electron chi connectivity index (χ4n) is 2.84. The number of carbonyl (C=O) groups is 2. The van der Waals surface area contributed by atoms with Crippen molar-refractivity contribution < 1.29 is 9.59 Å². The fourth-order valence-corrected chi connectivity index (χ4v) is 4.34. The van der Waals surface area contributed by atoms with E-state index in [0.29, 0.717) is 13.1 Å². The van der Waals surface area contributed by atoms with Gasteiger partial charge in [-0.25, -0.2) is 0 Å². The monoisotopic (exact) mass is 385 g/mol. The third-order valence-corrected chi connectivity index (χ3v) is 5.73. The van der Waals surface area contributed by atoms with E-state index in [1.165, 1.54) is 11.8 Å². The van der Waals surface area contributed by atoms with E-state index >= 15 is 0 Å². The third kappa shape index (κ3) is 4.87. The molecule has 2 amide bonds. The number of benzene rings is 1. The highest BCUT2D eigenvalue weighted by molar-refractivity contribution is 8.01. The van der Waals surface area contributed by atoms with Crippen LogP contribution in [-0.4, -0.2) is 54.0 Å². The minimum absolute atomic E-state index is 0.0568. The van der Waals surface area contributed by atoms with Gasteiger partial charge in [-0.15, -0.1) is 18.2 Å². The topological polar surface area (TPSA) is 97.3 Å². The number of anilines is 2. The van der Waals surface area contributed by atoms with Crippen LogP contribution in [0.3, 0.4) is 0 Å². The molecule has 2 rings (SSSR count). The van der Waals surface area contributed by atoms with Gasteiger partial charge >= 0.3 is 0 Å². The molecule has 1 aliphatic heterocycles. The van der Waals surface area contributed by atoms with Crippen molar-refractivity contribution in [1.82, 2.24) is 10.2 Å². The first-order chi connectivity index (χ1) is 13.0. The summed E-state index contributed by atoms with van der Waals surface area (Å²) in [6, 6.07) is 9.76. The highest BCUT2D eigenvalue weighted by Crippen LogP contribution is 2.36. The maximum absolute atomic E-state index is 12.7. The molecule has 0 radical (unpaired) electrons. The Labute approximate surface area is 163 Å². The Kier molecular flexibility index (Phi) is 7.39. The summed E-state index contributed by atoms with van der Waals surface area (Å²) in [6.45, 7) is 2.74. The third-order valence-electron chi connectivity index (χ3n) is 4.22. The predicted molar refractivity (Wildman–Crippen MR) is 108 cm³/mol. The molecular formula is C19H23N5O2S. The van der Waals surface area contributed by atoms with E-state index < -0.39 is 17.2 Å². The summed E-state index contributed by atoms with van der Waals surface area (Å²) in [5, 5.41) is 17.4. The zero-order valence-electron chi connectivity index (χ0n) is 15.4. The number of nitriles is 1. The Bertz CT molecular complexity index is 770. The van der Waals surface area contributed by atoms with Crippen molar-refractivity contribution in [2.75, 3.05) is 37.3 Å². The Morgan fingerprint density at radius 2 is 2.19 bits per heavy atom. The Morgan fingerprint density at radius 1 is 1.44 bits per heavy atom. The number of hydrogen-bond acceptors (Lipinski definition) is 6. The Balaban J connectivity index is 2.07. The first kappa shape index (κ1) is 20.5. The average Bonchev–Trinajstić information content (AvgIpc) is 3.00. The number of hydrogen-bond donors (Lipinski definition) is 3. The first-order valence-corrected chi connectivity index (χ1v) is 9.58. The van der Waals surface area contributed by atoms with Crippen LogP contribution in [0.1, 0.15) is 6.92 Å². The number of thioether (sulfide) groups is 1. The summed E-state index contributed by atoms with van der Waals surface area (Å²) in [7, 11) is 1.84. The molecule has 0 spiro atoms. The average molecular weight is 385 g/mol. The van der Waals surface area contributed by atoms with Crippen molar-refractivity contribution in [3.05, 3.63) is 24.3 Å². The van der Waals surface area contributed by atoms with Crippen LogP contribution < -0.4 is 16.0 Å². The molecule has 0 bridgehead atoms. The van der Waals surface area contributed by atoms with Gasteiger partial charge in [-0.2, -0.15) is 5.26 Å². The lowest BCUT2D eigenvalue weighted by Gasteiger charge is -2.24. The molecule has 1 aromatic rings. The number of nitrogens with zero attached hydrogens (tertiary/aromatic N) is 2. The quantitative estimate of drug-likeness (QED) is 0.584. The summed E-state index contributed by atoms with van der Waals surface area (Å²) in [6.07, 6.45) is 5.15. The largest absolute Gasteiger partial charge is 0.388 e. The minimum Gasteiger partial charge on any atom is -0.388 e. The summed E-state index contributed by atoms with van der Waals surface area (Å²) in [5.74, 6) is 0.823. The van der Waals surface area contributed by atoms with Gasteiger partial charge in [-0.1, -0.05) is 12.0 Å². The zero-order chi connectivity index (χ0) is 19.8. The van der Waals surface area contributed by atoms with Gasteiger partial charge < -0.3 is 20.9 Å². The maximum atomic E-state index is 12.7. The van der Waals surface area contributed by atoms with E-state index in [4.69, 9.17) is 6.42 Å². The number of rotatable bonds is 8. The lowest BCUT2D eigenvalue weighted by molar-refractivity contribution is -0.131. The molecule has 1 fully saturated rings. The number of terminal acetylenes is 1. The number of carbonyl (C=O) groups excluding carboxylic acids is 2. The molecule has 1 aromatic carbocycles. The molecule has 3 N–H and O–H groups in total. The van der Waals surface area contributed by atoms with Crippen LogP contribution in [0.15, 0.2) is 24.3 Å². The van der Waals surface area contributed by atoms with Gasteiger partial charge in [-0.05, 0) is 25.1 Å². The lowest BCUT2D eigenvalue weighted by Crippen LogP contribution is -2.44. The second-order valence-corrected chi connectivity index (χ2v) is 7.20. The Hall–Kier alpha value is -2.84. The summed E-state index contributed by atoms with van der Waals surface area (Å²) >= 11 is 1.34. The molecule has 8 heteroatoms. The summed E-state index contributed by atoms with van der Waals surface area (Å²) < 4.78 is 0. The minimum atomic E-state index is -0.968. The second-order valence-electron chi connectivity index (χ2n) is 5.88. The van der Waals surface area contributed by atoms with Crippen molar-refractivity contribution in [3.8, 4) is 18.4 Å². The van der Waals surface area contributed by atoms with Gasteiger partial charge in [-0.3, -0.25) is 9.59 Å². The molecule has 3 atom stereocenters. The SMILES string of the molecule is C#CCNC(=O)C(C#N)C1SC(CNc2cccc(NC)c2)C(=O)N1CC. The van der Waals surface area contributed by atoms with Gasteiger partial charge in [0.05, 0.1) is 12.6 Å². The highest BCUT2D eigenvalue weighted by atomic mass is 32.2. The maximum Gasteiger partial charge on any atom is 0.241 e. The highest BCUT2D eigenvalue weighted by Gasteiger charge is 2.45. The number of nitrogens with one attached hydrogen (secondary N) is 3. The van der Waals surface area contributed by atoms with E-state index in [2.05, 4.69) is 21.9 Å². The van der Waals surface area contributed by atoms with E-state index in [-0.39, 0.29) is 17.7 Å². The van der Waals surface area contributed by atoms with Crippen LogP contribution >= 0.6 is 11.8 Å². The van der Waals surface area contributed by atoms with Crippen LogP contribution in [-0.2, 0) is 9.59 Å². The molecular weight excluding hydrogens is 362 g/mol. The van der Waals surface area contributed by atoms with Crippen LogP contribution in [0.2, 0.25) is 0 Å². The second kappa shape index (κ2) is 9.75. The van der Waals surface area contributed by atoms with Crippen LogP contribution in [0, 0.1) is 29.6 Å². The lowest BCUT2D eigenvalue weighted by atomic mass is 10.1. The molecule has 0 aromatic heterocycles. The van der Waals surface area contributed by atoms with Crippen molar-refractivity contribution in [1.29, 1.82) is 5.26 Å². The molecule has 1 saturated heterocycles. The molecule has 27 heavy (non-hydrogen) atoms. The van der Waals surface area contributed by atoms with Crippen LogP contribution in [0.4, 0.5) is 11.4 Å². The van der Waals surface area contributed by atoms with E-state index in [1.807, 2.05) is 44.3 Å². The van der Waals surface area contributed by atoms with Crippen molar-refractivity contribution in [3.63, 3.8) is 0 Å². The number of amides is 2. The fraction of sp³-hybridized carbons (Fsp3) is 0.421. The van der Waals surface area contributed by atoms with Gasteiger partial charge in [0, 0.05) is 31.5 Å². The van der Waals surface area contributed by atoms with E-state index in [9.17, 15) is 14.9 Å². The van der Waals surface area contributed by atoms with Crippen LogP contribution in [0.5, 0.6) is 0 Å². The predicted octanol–water partition coefficient (Wildman–Crippen LogP) is 1.32. The Morgan fingerprint density at radius 3 is 2.81 bits per heavy atom. The van der Waals surface area contributed by atoms with Crippen LogP contribution in [0.25, 0.3) is 0 Å². The van der Waals surface area contributed by atoms with E-state index in [1.54, 1.807) is 4.90 Å². The molecule has 0 aliphatic carbocycles. The summed E-state index contributed by atoms with van der Waals surface area (Å²) in [5.41, 5.74) is 1.86. The molecule has 142 valence electrons. The van der Waals surface area contributed by atoms with Crippen molar-refractivity contribution in [2.24, 2.45) is 5.92 Å². The van der Waals surface area contributed by atoms with E-state index in [0.717, 1.165) is 11.4 Å². The van der Waals surface area contributed by atoms with Gasteiger partial charge in [0.15, 0.2) is 5.92 Å². The molecule has 1 aliphatic rings. The molecule has 7 nitrogen and oxygen atoms in total.